The molecule has 150 valence electrons. The lowest BCUT2D eigenvalue weighted by Crippen LogP contribution is -2.38. The zero-order chi connectivity index (χ0) is 18.4. The number of hydrogen-bond donors (Lipinski definition) is 1. The number of carbonyl (C=O) groups is 2. The summed E-state index contributed by atoms with van der Waals surface area (Å²) in [6, 6.07) is 9.49. The van der Waals surface area contributed by atoms with Crippen LogP contribution in [-0.4, -0.2) is 47.8 Å². The van der Waals surface area contributed by atoms with Crippen LogP contribution in [0.4, 0.5) is 0 Å². The first-order valence-electron chi connectivity index (χ1n) is 9.99. The average Bonchev–Trinajstić information content (AvgIpc) is 3.03. The summed E-state index contributed by atoms with van der Waals surface area (Å²) >= 11 is 0. The van der Waals surface area contributed by atoms with Crippen LogP contribution in [0.1, 0.15) is 56.6 Å². The molecule has 2 amide bonds. The molecule has 1 saturated heterocycles. The summed E-state index contributed by atoms with van der Waals surface area (Å²) < 4.78 is 0. The molecule has 1 saturated carbocycles. The summed E-state index contributed by atoms with van der Waals surface area (Å²) in [6.45, 7) is 2.75. The van der Waals surface area contributed by atoms with E-state index in [1.165, 1.54) is 25.7 Å². The van der Waals surface area contributed by atoms with Gasteiger partial charge in [0, 0.05) is 45.1 Å². The summed E-state index contributed by atoms with van der Waals surface area (Å²) in [5.74, 6) is 0.936. The molecule has 1 unspecified atom stereocenters. The minimum absolute atomic E-state index is 0. The highest BCUT2D eigenvalue weighted by atomic mass is 35.5. The minimum atomic E-state index is -0.271. The quantitative estimate of drug-likeness (QED) is 0.835. The van der Waals surface area contributed by atoms with E-state index in [4.69, 9.17) is 5.73 Å². The van der Waals surface area contributed by atoms with E-state index in [2.05, 4.69) is 0 Å². The Morgan fingerprint density at radius 2 is 1.52 bits per heavy atom. The Morgan fingerprint density at radius 1 is 0.926 bits per heavy atom. The van der Waals surface area contributed by atoms with E-state index in [0.717, 1.165) is 18.5 Å². The van der Waals surface area contributed by atoms with Gasteiger partial charge in [0.05, 0.1) is 0 Å². The third-order valence-corrected chi connectivity index (χ3v) is 5.76. The van der Waals surface area contributed by atoms with Crippen molar-refractivity contribution in [2.75, 3.05) is 26.2 Å². The largest absolute Gasteiger partial charge is 0.341 e. The number of rotatable bonds is 5. The minimum Gasteiger partial charge on any atom is -0.341 e. The molecule has 2 N–H and O–H groups in total. The second-order valence-corrected chi connectivity index (χ2v) is 7.69. The molecule has 1 aromatic rings. The molecule has 2 aliphatic rings. The highest BCUT2D eigenvalue weighted by Crippen LogP contribution is 2.28. The molecule has 0 spiro atoms. The molecule has 0 bridgehead atoms. The van der Waals surface area contributed by atoms with E-state index in [0.29, 0.717) is 38.4 Å². The lowest BCUT2D eigenvalue weighted by Gasteiger charge is -2.24. The summed E-state index contributed by atoms with van der Waals surface area (Å²) in [7, 11) is 0. The van der Waals surface area contributed by atoms with Gasteiger partial charge in [0.2, 0.25) is 11.8 Å². The molecule has 6 heteroatoms. The van der Waals surface area contributed by atoms with Gasteiger partial charge in [0.1, 0.15) is 0 Å². The Labute approximate surface area is 168 Å². The first-order chi connectivity index (χ1) is 12.6. The lowest BCUT2D eigenvalue weighted by molar-refractivity contribution is -0.134. The number of nitrogens with two attached hydrogens (primary N) is 1. The first-order valence-corrected chi connectivity index (χ1v) is 9.99. The Bertz CT molecular complexity index is 605. The van der Waals surface area contributed by atoms with Gasteiger partial charge in [-0.1, -0.05) is 43.2 Å². The van der Waals surface area contributed by atoms with Crippen LogP contribution in [0, 0.1) is 5.92 Å². The third kappa shape index (κ3) is 6.22. The molecular formula is C21H32ClN3O2. The van der Waals surface area contributed by atoms with Crippen LogP contribution in [-0.2, 0) is 9.59 Å². The van der Waals surface area contributed by atoms with Gasteiger partial charge in [-0.2, -0.15) is 0 Å². The molecule has 3 rings (SSSR count). The zero-order valence-electron chi connectivity index (χ0n) is 16.0. The van der Waals surface area contributed by atoms with Crippen molar-refractivity contribution in [3.8, 4) is 0 Å². The summed E-state index contributed by atoms with van der Waals surface area (Å²) in [5, 5.41) is 0. The average molecular weight is 394 g/mol. The van der Waals surface area contributed by atoms with Gasteiger partial charge in [-0.3, -0.25) is 9.59 Å². The Hall–Kier alpha value is -1.59. The molecule has 0 radical (unpaired) electrons. The number of benzene rings is 1. The van der Waals surface area contributed by atoms with Crippen molar-refractivity contribution in [2.24, 2.45) is 11.7 Å². The monoisotopic (exact) mass is 393 g/mol. The van der Waals surface area contributed by atoms with Crippen molar-refractivity contribution in [3.63, 3.8) is 0 Å². The van der Waals surface area contributed by atoms with Crippen LogP contribution in [0.2, 0.25) is 0 Å². The van der Waals surface area contributed by atoms with Crippen LogP contribution in [0.5, 0.6) is 0 Å². The van der Waals surface area contributed by atoms with E-state index in [9.17, 15) is 9.59 Å². The molecule has 1 aliphatic heterocycles. The molecule has 2 fully saturated rings. The second kappa shape index (κ2) is 10.7. The number of hydrogen-bond acceptors (Lipinski definition) is 3. The number of amides is 2. The zero-order valence-corrected chi connectivity index (χ0v) is 16.8. The maximum absolute atomic E-state index is 12.6. The predicted molar refractivity (Wildman–Crippen MR) is 110 cm³/mol. The molecule has 1 heterocycles. The topological polar surface area (TPSA) is 66.6 Å². The van der Waals surface area contributed by atoms with Crippen molar-refractivity contribution < 1.29 is 9.59 Å². The smallest absolute Gasteiger partial charge is 0.224 e. The molecule has 1 aromatic carbocycles. The lowest BCUT2D eigenvalue weighted by atomic mass is 10.0. The molecular weight excluding hydrogens is 362 g/mol. The van der Waals surface area contributed by atoms with E-state index in [1.807, 2.05) is 40.1 Å². The maximum atomic E-state index is 12.6. The number of halogens is 1. The van der Waals surface area contributed by atoms with Crippen molar-refractivity contribution in [1.82, 2.24) is 9.80 Å². The Balaban J connectivity index is 0.00000261. The highest BCUT2D eigenvalue weighted by molar-refractivity contribution is 5.85. The molecule has 27 heavy (non-hydrogen) atoms. The fourth-order valence-corrected chi connectivity index (χ4v) is 4.14. The van der Waals surface area contributed by atoms with Crippen molar-refractivity contribution >= 4 is 24.2 Å². The van der Waals surface area contributed by atoms with Crippen LogP contribution >= 0.6 is 12.4 Å². The first kappa shape index (κ1) is 21.7. The SMILES string of the molecule is Cl.NC(CC(=O)N1CCCN(C(=O)CC2CCCC2)CC1)c1ccccc1. The van der Waals surface area contributed by atoms with E-state index in [1.54, 1.807) is 0 Å². The van der Waals surface area contributed by atoms with Gasteiger partial charge in [-0.15, -0.1) is 12.4 Å². The van der Waals surface area contributed by atoms with Crippen LogP contribution in [0.3, 0.4) is 0 Å². The Morgan fingerprint density at radius 3 is 2.15 bits per heavy atom. The van der Waals surface area contributed by atoms with E-state index < -0.39 is 0 Å². The molecule has 5 nitrogen and oxygen atoms in total. The summed E-state index contributed by atoms with van der Waals surface area (Å²) in [5.41, 5.74) is 7.19. The Kier molecular flexibility index (Phi) is 8.58. The van der Waals surface area contributed by atoms with Crippen molar-refractivity contribution in [3.05, 3.63) is 35.9 Å². The molecule has 1 aliphatic carbocycles. The van der Waals surface area contributed by atoms with Gasteiger partial charge >= 0.3 is 0 Å². The van der Waals surface area contributed by atoms with Gasteiger partial charge in [-0.25, -0.2) is 0 Å². The van der Waals surface area contributed by atoms with Crippen molar-refractivity contribution in [1.29, 1.82) is 0 Å². The van der Waals surface area contributed by atoms with Gasteiger partial charge in [-0.05, 0) is 30.7 Å². The third-order valence-electron chi connectivity index (χ3n) is 5.76. The van der Waals surface area contributed by atoms with E-state index >= 15 is 0 Å². The molecule has 1 atom stereocenters. The van der Waals surface area contributed by atoms with Gasteiger partial charge in [0.15, 0.2) is 0 Å². The summed E-state index contributed by atoms with van der Waals surface area (Å²) in [6.07, 6.45) is 6.78. The second-order valence-electron chi connectivity index (χ2n) is 7.69. The highest BCUT2D eigenvalue weighted by Gasteiger charge is 2.26. The maximum Gasteiger partial charge on any atom is 0.224 e. The van der Waals surface area contributed by atoms with Crippen LogP contribution < -0.4 is 5.73 Å². The van der Waals surface area contributed by atoms with Gasteiger partial charge < -0.3 is 15.5 Å². The summed E-state index contributed by atoms with van der Waals surface area (Å²) in [4.78, 5) is 29.0. The predicted octanol–water partition coefficient (Wildman–Crippen LogP) is 3.14. The normalized spacial score (nSPS) is 19.3. The fourth-order valence-electron chi connectivity index (χ4n) is 4.14. The van der Waals surface area contributed by atoms with E-state index in [-0.39, 0.29) is 30.3 Å². The van der Waals surface area contributed by atoms with Crippen LogP contribution in [0.15, 0.2) is 30.3 Å². The fraction of sp³-hybridized carbons (Fsp3) is 0.619. The number of nitrogens with zero attached hydrogens (tertiary/aromatic N) is 2. The standard InChI is InChI=1S/C21H31N3O2.ClH/c22-19(18-9-2-1-3-10-18)16-21(26)24-12-6-11-23(13-14-24)20(25)15-17-7-4-5-8-17;/h1-3,9-10,17,19H,4-8,11-16,22H2;1H. The van der Waals surface area contributed by atoms with Crippen molar-refractivity contribution in [2.45, 2.75) is 51.0 Å². The van der Waals surface area contributed by atoms with Crippen LogP contribution in [0.25, 0.3) is 0 Å². The van der Waals surface area contributed by atoms with Gasteiger partial charge in [0.25, 0.3) is 0 Å². The molecule has 0 aromatic heterocycles. The number of carbonyl (C=O) groups excluding carboxylic acids is 2.